The number of benzene rings is 6. The van der Waals surface area contributed by atoms with Crippen molar-refractivity contribution in [3.05, 3.63) is 190 Å². The molecule has 6 heterocycles. The van der Waals surface area contributed by atoms with Crippen LogP contribution >= 0.6 is 0 Å². The Hall–Kier alpha value is -7.47. The number of aryl methyl sites for hydroxylation is 8. The van der Waals surface area contributed by atoms with Gasteiger partial charge in [-0.05, 0) is 123 Å². The van der Waals surface area contributed by atoms with Crippen molar-refractivity contribution in [2.75, 3.05) is 0 Å². The Kier molecular flexibility index (Phi) is 10.4. The molecule has 0 aliphatic heterocycles. The smallest absolute Gasteiger partial charge is 0.497 e. The average Bonchev–Trinajstić information content (AvgIpc) is 3.95. The van der Waals surface area contributed by atoms with Crippen LogP contribution in [-0.2, 0) is 21.1 Å². The number of ether oxygens (including phenoxy) is 1. The molecule has 0 aliphatic rings. The molecule has 6 aromatic heterocycles. The van der Waals surface area contributed by atoms with E-state index in [1.165, 1.54) is 44.5 Å². The molecule has 12 aromatic rings. The first-order chi connectivity index (χ1) is 32.5. The number of rotatable bonds is 6. The first-order valence-electron chi connectivity index (χ1n) is 22.8. The number of nitrogens with zero attached hydrogens (tertiary/aromatic N) is 6. The maximum Gasteiger partial charge on any atom is 2.00 e. The van der Waals surface area contributed by atoms with Gasteiger partial charge >= 0.3 is 21.1 Å². The molecule has 332 valence electrons. The van der Waals surface area contributed by atoms with Crippen LogP contribution in [0.25, 0.3) is 99.9 Å². The summed E-state index contributed by atoms with van der Waals surface area (Å²) in [5.74, 6) is 1.11. The fourth-order valence-corrected chi connectivity index (χ4v) is 10.6. The Morgan fingerprint density at radius 3 is 1.04 bits per heavy atom. The largest absolute Gasteiger partial charge is 2.00 e. The molecule has 0 fully saturated rings. The van der Waals surface area contributed by atoms with Crippen LogP contribution in [0.15, 0.2) is 134 Å². The zero-order valence-corrected chi connectivity index (χ0v) is 41.4. The first kappa shape index (κ1) is 43.1. The SMILES string of the molecule is Cc1cccc(C)c1-c1ccc2c3ccc(Oc4[c-]c5c(cc4)c4ccc(-c6c(C)cccc6C)nc4n4c(-c6c(C)cccc6C)cnc54)[c-]c3c3ncc(-c4c(C)cccc4C)n3c2n1.[Pt+2]. The number of hydrogen-bond acceptors (Lipinski definition) is 5. The summed E-state index contributed by atoms with van der Waals surface area (Å²) in [4.78, 5) is 21.2. The first-order valence-corrected chi connectivity index (χ1v) is 22.8. The summed E-state index contributed by atoms with van der Waals surface area (Å²) in [6, 6.07) is 49.8. The second-order valence-electron chi connectivity index (χ2n) is 18.1. The predicted molar refractivity (Wildman–Crippen MR) is 273 cm³/mol. The van der Waals surface area contributed by atoms with Crippen molar-refractivity contribution in [1.29, 1.82) is 0 Å². The fraction of sp³-hybridized carbons (Fsp3) is 0.133. The van der Waals surface area contributed by atoms with Gasteiger partial charge in [-0.2, -0.15) is 0 Å². The molecule has 0 atom stereocenters. The van der Waals surface area contributed by atoms with E-state index in [9.17, 15) is 0 Å². The molecule has 0 saturated heterocycles. The Morgan fingerprint density at radius 1 is 0.368 bits per heavy atom. The van der Waals surface area contributed by atoms with Crippen LogP contribution in [0.4, 0.5) is 0 Å². The van der Waals surface area contributed by atoms with E-state index < -0.39 is 0 Å². The van der Waals surface area contributed by atoms with Gasteiger partial charge in [0.25, 0.3) is 0 Å². The van der Waals surface area contributed by atoms with Gasteiger partial charge in [-0.3, -0.25) is 9.97 Å². The van der Waals surface area contributed by atoms with Gasteiger partial charge in [0.2, 0.25) is 0 Å². The zero-order valence-electron chi connectivity index (χ0n) is 39.1. The quantitative estimate of drug-likeness (QED) is 0.123. The van der Waals surface area contributed by atoms with Crippen LogP contribution in [0.5, 0.6) is 11.5 Å². The van der Waals surface area contributed by atoms with Gasteiger partial charge in [0.15, 0.2) is 0 Å². The second kappa shape index (κ2) is 16.4. The van der Waals surface area contributed by atoms with Crippen molar-refractivity contribution in [2.45, 2.75) is 55.4 Å². The van der Waals surface area contributed by atoms with E-state index in [4.69, 9.17) is 24.7 Å². The van der Waals surface area contributed by atoms with Gasteiger partial charge in [-0.1, -0.05) is 131 Å². The van der Waals surface area contributed by atoms with Gasteiger partial charge in [0.1, 0.15) is 11.3 Å². The van der Waals surface area contributed by atoms with Crippen molar-refractivity contribution < 1.29 is 25.8 Å². The summed E-state index contributed by atoms with van der Waals surface area (Å²) in [5.41, 5.74) is 21.1. The third kappa shape index (κ3) is 6.66. The molecule has 8 heteroatoms. The fourth-order valence-electron chi connectivity index (χ4n) is 10.6. The van der Waals surface area contributed by atoms with E-state index in [0.29, 0.717) is 11.5 Å². The van der Waals surface area contributed by atoms with Crippen molar-refractivity contribution >= 4 is 54.9 Å². The minimum atomic E-state index is 0. The number of fused-ring (bicyclic) bond motifs is 12. The van der Waals surface area contributed by atoms with Gasteiger partial charge in [0.05, 0.1) is 34.1 Å². The maximum absolute atomic E-state index is 6.77. The summed E-state index contributed by atoms with van der Waals surface area (Å²) in [6.07, 6.45) is 3.95. The molecular formula is C60H46N6OPt. The van der Waals surface area contributed by atoms with E-state index in [-0.39, 0.29) is 21.1 Å². The van der Waals surface area contributed by atoms with Crippen molar-refractivity contribution in [3.63, 3.8) is 0 Å². The number of pyridine rings is 4. The molecular weight excluding hydrogens is 1020 g/mol. The zero-order chi connectivity index (χ0) is 45.8. The summed E-state index contributed by atoms with van der Waals surface area (Å²) in [7, 11) is 0. The van der Waals surface area contributed by atoms with Crippen LogP contribution in [0.1, 0.15) is 44.5 Å². The van der Waals surface area contributed by atoms with Crippen LogP contribution in [0, 0.1) is 67.5 Å². The van der Waals surface area contributed by atoms with Crippen LogP contribution in [-0.4, -0.2) is 28.7 Å². The molecule has 0 amide bonds. The second-order valence-corrected chi connectivity index (χ2v) is 18.1. The normalized spacial score (nSPS) is 11.7. The average molecular weight is 1060 g/mol. The summed E-state index contributed by atoms with van der Waals surface area (Å²) >= 11 is 0. The van der Waals surface area contributed by atoms with E-state index in [0.717, 1.165) is 99.9 Å². The van der Waals surface area contributed by atoms with Gasteiger partial charge in [0, 0.05) is 46.1 Å². The minimum absolute atomic E-state index is 0. The van der Waals surface area contributed by atoms with Gasteiger partial charge < -0.3 is 13.5 Å². The van der Waals surface area contributed by atoms with E-state index in [1.807, 2.05) is 24.5 Å². The molecule has 7 nitrogen and oxygen atoms in total. The summed E-state index contributed by atoms with van der Waals surface area (Å²) in [5, 5.41) is 5.69. The molecule has 0 unspecified atom stereocenters. The third-order valence-corrected chi connectivity index (χ3v) is 13.7. The van der Waals surface area contributed by atoms with Crippen molar-refractivity contribution in [3.8, 4) is 56.5 Å². The van der Waals surface area contributed by atoms with Crippen LogP contribution < -0.4 is 4.74 Å². The molecule has 12 rings (SSSR count). The Labute approximate surface area is 409 Å². The number of aromatic nitrogens is 6. The summed E-state index contributed by atoms with van der Waals surface area (Å²) in [6.45, 7) is 17.2. The van der Waals surface area contributed by atoms with Crippen molar-refractivity contribution in [1.82, 2.24) is 28.7 Å². The molecule has 68 heavy (non-hydrogen) atoms. The van der Waals surface area contributed by atoms with E-state index in [1.54, 1.807) is 0 Å². The molecule has 0 N–H and O–H groups in total. The molecule has 0 radical (unpaired) electrons. The topological polar surface area (TPSA) is 69.6 Å². The molecule has 6 aromatic carbocycles. The van der Waals surface area contributed by atoms with E-state index in [2.05, 4.69) is 186 Å². The third-order valence-electron chi connectivity index (χ3n) is 13.7. The minimum Gasteiger partial charge on any atom is -0.497 e. The summed E-state index contributed by atoms with van der Waals surface area (Å²) < 4.78 is 11.2. The number of imidazole rings is 2. The predicted octanol–water partition coefficient (Wildman–Crippen LogP) is 14.9. The van der Waals surface area contributed by atoms with Gasteiger partial charge in [-0.25, -0.2) is 9.97 Å². The molecule has 0 aliphatic carbocycles. The Bertz CT molecular complexity index is 3730. The molecule has 0 spiro atoms. The Balaban J connectivity index is 0.00000507. The van der Waals surface area contributed by atoms with Gasteiger partial charge in [-0.15, -0.1) is 12.1 Å². The Morgan fingerprint density at radius 2 is 0.691 bits per heavy atom. The van der Waals surface area contributed by atoms with E-state index >= 15 is 0 Å². The maximum atomic E-state index is 6.77. The van der Waals surface area contributed by atoms with Crippen molar-refractivity contribution in [2.24, 2.45) is 0 Å². The molecule has 0 saturated carbocycles. The monoisotopic (exact) mass is 1060 g/mol. The van der Waals surface area contributed by atoms with Crippen LogP contribution in [0.3, 0.4) is 0 Å². The molecule has 0 bridgehead atoms. The standard InChI is InChI=1S/C60H46N6O.Pt/c1-33-13-9-14-34(2)53(33)49-27-25-45-43-23-21-41(29-47(43)57-61-31-51(65(57)59(45)63-49)55-37(5)17-11-18-38(55)6)67-42-22-24-44-46-26-28-50(54-35(3)15-10-16-36(54)4)64-60(46)66-52(32-62-58(66)48(44)30-42)56-39(7)19-12-20-40(56)8;/h9-28,31-32H,1-8H3;/q-2;+2. The van der Waals surface area contributed by atoms with Crippen LogP contribution in [0.2, 0.25) is 0 Å². The number of hydrogen-bond donors (Lipinski definition) is 0.